The number of rotatable bonds is 9. The molecule has 2 atom stereocenters. The van der Waals surface area contributed by atoms with Crippen molar-refractivity contribution in [3.63, 3.8) is 0 Å². The standard InChI is InChI=1S/C18H38N2O/c1-5-17-11-7-6-9-13-20(17)14-10-8-12-18(4,15-21)19-16(2)3/h16-17,19,21H,5-15H2,1-4H3. The Morgan fingerprint density at radius 1 is 1.24 bits per heavy atom. The van der Waals surface area contributed by atoms with Gasteiger partial charge in [-0.05, 0) is 52.1 Å². The van der Waals surface area contributed by atoms with Crippen molar-refractivity contribution in [1.82, 2.24) is 10.2 Å². The third-order valence-corrected chi connectivity index (χ3v) is 4.88. The average Bonchev–Trinajstić information content (AvgIpc) is 2.67. The van der Waals surface area contributed by atoms with Gasteiger partial charge in [-0.1, -0.05) is 40.0 Å². The molecule has 2 N–H and O–H groups in total. The van der Waals surface area contributed by atoms with Gasteiger partial charge in [-0.15, -0.1) is 0 Å². The average molecular weight is 299 g/mol. The van der Waals surface area contributed by atoms with Crippen LogP contribution in [0.2, 0.25) is 0 Å². The van der Waals surface area contributed by atoms with E-state index in [9.17, 15) is 5.11 Å². The second kappa shape index (κ2) is 9.81. The number of unbranched alkanes of at least 4 members (excludes halogenated alkanes) is 1. The van der Waals surface area contributed by atoms with Crippen molar-refractivity contribution in [3.8, 4) is 0 Å². The molecule has 2 unspecified atom stereocenters. The summed E-state index contributed by atoms with van der Waals surface area (Å²) in [5.74, 6) is 0. The Kier molecular flexibility index (Phi) is 8.84. The highest BCUT2D eigenvalue weighted by Gasteiger charge is 2.24. The van der Waals surface area contributed by atoms with E-state index in [0.717, 1.165) is 12.5 Å². The summed E-state index contributed by atoms with van der Waals surface area (Å²) in [5.41, 5.74) is -0.114. The smallest absolute Gasteiger partial charge is 0.0610 e. The molecule has 0 amide bonds. The van der Waals surface area contributed by atoms with Crippen LogP contribution in [0.1, 0.15) is 79.1 Å². The number of hydrogen-bond acceptors (Lipinski definition) is 3. The lowest BCUT2D eigenvalue weighted by atomic mass is 9.94. The molecular formula is C18H38N2O. The van der Waals surface area contributed by atoms with Gasteiger partial charge in [0, 0.05) is 17.6 Å². The second-order valence-electron chi connectivity index (χ2n) is 7.42. The maximum Gasteiger partial charge on any atom is 0.0610 e. The van der Waals surface area contributed by atoms with Crippen LogP contribution in [0.4, 0.5) is 0 Å². The Morgan fingerprint density at radius 3 is 2.62 bits per heavy atom. The monoisotopic (exact) mass is 298 g/mol. The number of aliphatic hydroxyl groups is 1. The molecule has 126 valence electrons. The highest BCUT2D eigenvalue weighted by molar-refractivity contribution is 4.84. The number of aliphatic hydroxyl groups excluding tert-OH is 1. The molecule has 0 aromatic carbocycles. The molecule has 0 saturated carbocycles. The van der Waals surface area contributed by atoms with Gasteiger partial charge in [0.2, 0.25) is 0 Å². The summed E-state index contributed by atoms with van der Waals surface area (Å²) in [6.07, 6.45) is 10.4. The first-order chi connectivity index (χ1) is 10.0. The molecule has 0 radical (unpaired) electrons. The Balaban J connectivity index is 2.31. The topological polar surface area (TPSA) is 35.5 Å². The summed E-state index contributed by atoms with van der Waals surface area (Å²) < 4.78 is 0. The summed E-state index contributed by atoms with van der Waals surface area (Å²) in [6, 6.07) is 1.24. The van der Waals surface area contributed by atoms with E-state index in [-0.39, 0.29) is 12.1 Å². The first-order valence-corrected chi connectivity index (χ1v) is 9.13. The summed E-state index contributed by atoms with van der Waals surface area (Å²) in [5, 5.41) is 13.1. The van der Waals surface area contributed by atoms with E-state index in [2.05, 4.69) is 37.9 Å². The van der Waals surface area contributed by atoms with Crippen LogP contribution in [0.3, 0.4) is 0 Å². The van der Waals surface area contributed by atoms with Gasteiger partial charge < -0.3 is 15.3 Å². The quantitative estimate of drug-likeness (QED) is 0.639. The number of hydrogen-bond donors (Lipinski definition) is 2. The Morgan fingerprint density at radius 2 is 2.00 bits per heavy atom. The molecule has 0 aromatic heterocycles. The number of likely N-dealkylation sites (tertiary alicyclic amines) is 1. The summed E-state index contributed by atoms with van der Waals surface area (Å²) >= 11 is 0. The Hall–Kier alpha value is -0.120. The summed E-state index contributed by atoms with van der Waals surface area (Å²) in [4.78, 5) is 2.72. The van der Waals surface area contributed by atoms with Crippen LogP contribution in [0.15, 0.2) is 0 Å². The largest absolute Gasteiger partial charge is 0.394 e. The van der Waals surface area contributed by atoms with Crippen molar-refractivity contribution in [1.29, 1.82) is 0 Å². The SMILES string of the molecule is CCC1CCCCCN1CCCCC(C)(CO)NC(C)C. The minimum absolute atomic E-state index is 0.114. The fourth-order valence-electron chi connectivity index (χ4n) is 3.72. The zero-order valence-electron chi connectivity index (χ0n) is 14.8. The van der Waals surface area contributed by atoms with Gasteiger partial charge in [0.05, 0.1) is 6.61 Å². The van der Waals surface area contributed by atoms with Crippen LogP contribution in [0.5, 0.6) is 0 Å². The van der Waals surface area contributed by atoms with Crippen LogP contribution < -0.4 is 5.32 Å². The minimum Gasteiger partial charge on any atom is -0.394 e. The minimum atomic E-state index is -0.114. The third kappa shape index (κ3) is 7.12. The first-order valence-electron chi connectivity index (χ1n) is 9.13. The van der Waals surface area contributed by atoms with Gasteiger partial charge in [-0.3, -0.25) is 0 Å². The highest BCUT2D eigenvalue weighted by Crippen LogP contribution is 2.20. The molecule has 21 heavy (non-hydrogen) atoms. The molecule has 1 aliphatic heterocycles. The van der Waals surface area contributed by atoms with Crippen LogP contribution in [0.25, 0.3) is 0 Å². The number of nitrogens with one attached hydrogen (secondary N) is 1. The number of nitrogens with zero attached hydrogens (tertiary/aromatic N) is 1. The highest BCUT2D eigenvalue weighted by atomic mass is 16.3. The van der Waals surface area contributed by atoms with Crippen molar-refractivity contribution in [3.05, 3.63) is 0 Å². The van der Waals surface area contributed by atoms with Crippen molar-refractivity contribution in [2.24, 2.45) is 0 Å². The van der Waals surface area contributed by atoms with Gasteiger partial charge in [-0.25, -0.2) is 0 Å². The molecule has 1 heterocycles. The first kappa shape index (κ1) is 18.9. The van der Waals surface area contributed by atoms with Crippen LogP contribution in [-0.4, -0.2) is 47.3 Å². The molecule has 0 bridgehead atoms. The van der Waals surface area contributed by atoms with E-state index in [1.54, 1.807) is 0 Å². The van der Waals surface area contributed by atoms with E-state index in [0.29, 0.717) is 6.04 Å². The van der Waals surface area contributed by atoms with Gasteiger partial charge >= 0.3 is 0 Å². The predicted octanol–water partition coefficient (Wildman–Crippen LogP) is 3.56. The van der Waals surface area contributed by atoms with E-state index >= 15 is 0 Å². The molecule has 1 fully saturated rings. The third-order valence-electron chi connectivity index (χ3n) is 4.88. The van der Waals surface area contributed by atoms with Crippen LogP contribution in [0, 0.1) is 0 Å². The van der Waals surface area contributed by atoms with Crippen molar-refractivity contribution in [2.75, 3.05) is 19.7 Å². The van der Waals surface area contributed by atoms with Crippen molar-refractivity contribution >= 4 is 0 Å². The van der Waals surface area contributed by atoms with Crippen LogP contribution in [-0.2, 0) is 0 Å². The Bertz CT molecular complexity index is 270. The maximum absolute atomic E-state index is 9.63. The van der Waals surface area contributed by atoms with Crippen molar-refractivity contribution in [2.45, 2.75) is 96.7 Å². The van der Waals surface area contributed by atoms with Gasteiger partial charge in [-0.2, -0.15) is 0 Å². The summed E-state index contributed by atoms with van der Waals surface area (Å²) in [7, 11) is 0. The fourth-order valence-corrected chi connectivity index (χ4v) is 3.72. The molecule has 1 aliphatic rings. The normalized spacial score (nSPS) is 24.0. The lowest BCUT2D eigenvalue weighted by Gasteiger charge is -2.32. The van der Waals surface area contributed by atoms with Gasteiger partial charge in [0.25, 0.3) is 0 Å². The molecular weight excluding hydrogens is 260 g/mol. The molecule has 3 heteroatoms. The molecule has 0 aliphatic carbocycles. The second-order valence-corrected chi connectivity index (χ2v) is 7.42. The van der Waals surface area contributed by atoms with E-state index < -0.39 is 0 Å². The zero-order valence-corrected chi connectivity index (χ0v) is 14.8. The predicted molar refractivity (Wildman–Crippen MR) is 91.7 cm³/mol. The maximum atomic E-state index is 9.63. The van der Waals surface area contributed by atoms with E-state index in [4.69, 9.17) is 0 Å². The molecule has 1 saturated heterocycles. The van der Waals surface area contributed by atoms with Crippen molar-refractivity contribution < 1.29 is 5.11 Å². The summed E-state index contributed by atoms with van der Waals surface area (Å²) in [6.45, 7) is 11.5. The molecule has 0 spiro atoms. The van der Waals surface area contributed by atoms with E-state index in [1.807, 2.05) is 0 Å². The zero-order chi connectivity index (χ0) is 15.7. The van der Waals surface area contributed by atoms with E-state index in [1.165, 1.54) is 58.0 Å². The molecule has 3 nitrogen and oxygen atoms in total. The Labute approximate surface area is 132 Å². The lowest BCUT2D eigenvalue weighted by molar-refractivity contribution is 0.148. The van der Waals surface area contributed by atoms with Crippen LogP contribution >= 0.6 is 0 Å². The molecule has 1 rings (SSSR count). The van der Waals surface area contributed by atoms with Gasteiger partial charge in [0.15, 0.2) is 0 Å². The molecule has 0 aromatic rings. The fraction of sp³-hybridized carbons (Fsp3) is 1.00. The lowest BCUT2D eigenvalue weighted by Crippen LogP contribution is -2.49. The van der Waals surface area contributed by atoms with Gasteiger partial charge in [0.1, 0.15) is 0 Å².